The fraction of sp³-hybridized carbons (Fsp3) is 0.667. The van der Waals surface area contributed by atoms with E-state index >= 15 is 0 Å². The Morgan fingerprint density at radius 2 is 1.58 bits per heavy atom. The smallest absolute Gasteiger partial charge is 0.257 e. The lowest BCUT2D eigenvalue weighted by atomic mass is 9.88. The first-order chi connectivity index (χ1) is 11.7. The molecular formula is C18H26N4O2. The minimum atomic E-state index is -0.0394. The molecule has 0 radical (unpaired) electrons. The number of amides is 2. The number of carbonyl (C=O) groups excluding carboxylic acids is 2. The van der Waals surface area contributed by atoms with Crippen LogP contribution in [-0.2, 0) is 11.2 Å². The molecule has 0 aromatic carbocycles. The molecule has 130 valence electrons. The quantitative estimate of drug-likeness (QED) is 0.849. The maximum absolute atomic E-state index is 12.6. The number of hydrogen-bond acceptors (Lipinski definition) is 4. The van der Waals surface area contributed by atoms with Gasteiger partial charge in [-0.25, -0.2) is 9.97 Å². The van der Waals surface area contributed by atoms with Gasteiger partial charge in [-0.2, -0.15) is 0 Å². The maximum Gasteiger partial charge on any atom is 0.257 e. The number of nitrogens with zero attached hydrogens (tertiary/aromatic N) is 4. The summed E-state index contributed by atoms with van der Waals surface area (Å²) in [6.07, 6.45) is 9.62. The van der Waals surface area contributed by atoms with E-state index in [-0.39, 0.29) is 17.7 Å². The van der Waals surface area contributed by atoms with Crippen LogP contribution in [0, 0.1) is 5.92 Å². The van der Waals surface area contributed by atoms with Crippen LogP contribution in [0.4, 0.5) is 0 Å². The van der Waals surface area contributed by atoms with Gasteiger partial charge < -0.3 is 9.80 Å². The third-order valence-electron chi connectivity index (χ3n) is 5.10. The Labute approximate surface area is 143 Å². The van der Waals surface area contributed by atoms with Crippen molar-refractivity contribution in [2.75, 3.05) is 26.2 Å². The highest BCUT2D eigenvalue weighted by atomic mass is 16.2. The summed E-state index contributed by atoms with van der Waals surface area (Å²) in [4.78, 5) is 37.2. The summed E-state index contributed by atoms with van der Waals surface area (Å²) in [6, 6.07) is 0. The molecule has 0 atom stereocenters. The molecule has 1 saturated heterocycles. The Hall–Kier alpha value is -1.98. The lowest BCUT2D eigenvalue weighted by molar-refractivity contribution is -0.138. The van der Waals surface area contributed by atoms with E-state index in [1.54, 1.807) is 17.3 Å². The van der Waals surface area contributed by atoms with Gasteiger partial charge in [-0.05, 0) is 12.8 Å². The van der Waals surface area contributed by atoms with E-state index in [0.717, 1.165) is 25.1 Å². The zero-order valence-electron chi connectivity index (χ0n) is 14.4. The molecule has 0 unspecified atom stereocenters. The number of aryl methyl sites for hydroxylation is 1. The van der Waals surface area contributed by atoms with Gasteiger partial charge in [-0.15, -0.1) is 0 Å². The van der Waals surface area contributed by atoms with Crippen molar-refractivity contribution in [1.82, 2.24) is 19.8 Å². The number of rotatable bonds is 3. The number of piperazine rings is 1. The van der Waals surface area contributed by atoms with Crippen LogP contribution >= 0.6 is 0 Å². The van der Waals surface area contributed by atoms with E-state index in [2.05, 4.69) is 9.97 Å². The molecule has 0 N–H and O–H groups in total. The summed E-state index contributed by atoms with van der Waals surface area (Å²) in [5, 5.41) is 0. The lowest BCUT2D eigenvalue weighted by Crippen LogP contribution is -2.52. The molecule has 24 heavy (non-hydrogen) atoms. The third kappa shape index (κ3) is 3.74. The largest absolute Gasteiger partial charge is 0.339 e. The summed E-state index contributed by atoms with van der Waals surface area (Å²) in [5.74, 6) is 1.20. The zero-order valence-corrected chi connectivity index (χ0v) is 14.4. The SMILES string of the molecule is CCc1ncc(C(=O)N2CCN(C(=O)C3CCCCC3)CC2)cn1. The van der Waals surface area contributed by atoms with Crippen LogP contribution in [0.15, 0.2) is 12.4 Å². The normalized spacial score (nSPS) is 19.4. The summed E-state index contributed by atoms with van der Waals surface area (Å²) >= 11 is 0. The minimum Gasteiger partial charge on any atom is -0.339 e. The van der Waals surface area contributed by atoms with Crippen LogP contribution in [0.1, 0.15) is 55.2 Å². The van der Waals surface area contributed by atoms with E-state index in [0.29, 0.717) is 31.7 Å². The second-order valence-corrected chi connectivity index (χ2v) is 6.69. The first-order valence-electron chi connectivity index (χ1n) is 9.08. The molecule has 1 aromatic heterocycles. The Bertz CT molecular complexity index is 573. The van der Waals surface area contributed by atoms with Crippen molar-refractivity contribution < 1.29 is 9.59 Å². The molecule has 2 aliphatic rings. The molecule has 2 fully saturated rings. The van der Waals surface area contributed by atoms with Gasteiger partial charge in [0.2, 0.25) is 5.91 Å². The molecule has 1 aromatic rings. The average Bonchev–Trinajstić information content (AvgIpc) is 2.68. The van der Waals surface area contributed by atoms with E-state index in [9.17, 15) is 9.59 Å². The van der Waals surface area contributed by atoms with Crippen LogP contribution < -0.4 is 0 Å². The lowest BCUT2D eigenvalue weighted by Gasteiger charge is -2.37. The van der Waals surface area contributed by atoms with Crippen molar-refractivity contribution in [2.24, 2.45) is 5.92 Å². The molecule has 2 heterocycles. The Balaban J connectivity index is 1.54. The Morgan fingerprint density at radius 3 is 2.17 bits per heavy atom. The van der Waals surface area contributed by atoms with Crippen molar-refractivity contribution in [3.63, 3.8) is 0 Å². The van der Waals surface area contributed by atoms with Gasteiger partial charge in [0.15, 0.2) is 0 Å². The molecule has 1 saturated carbocycles. The van der Waals surface area contributed by atoms with E-state index in [1.165, 1.54) is 19.3 Å². The highest BCUT2D eigenvalue weighted by Crippen LogP contribution is 2.25. The van der Waals surface area contributed by atoms with Crippen LogP contribution in [0.2, 0.25) is 0 Å². The van der Waals surface area contributed by atoms with Gasteiger partial charge in [0.1, 0.15) is 5.82 Å². The number of aromatic nitrogens is 2. The first kappa shape index (κ1) is 16.9. The average molecular weight is 330 g/mol. The fourth-order valence-electron chi connectivity index (χ4n) is 3.57. The first-order valence-corrected chi connectivity index (χ1v) is 9.08. The van der Waals surface area contributed by atoms with Crippen LogP contribution in [0.3, 0.4) is 0 Å². The summed E-state index contributed by atoms with van der Waals surface area (Å²) in [5.41, 5.74) is 0.527. The summed E-state index contributed by atoms with van der Waals surface area (Å²) in [6.45, 7) is 4.43. The Kier molecular flexibility index (Phi) is 5.43. The van der Waals surface area contributed by atoms with E-state index in [1.807, 2.05) is 11.8 Å². The van der Waals surface area contributed by atoms with Crippen molar-refractivity contribution in [2.45, 2.75) is 45.4 Å². The predicted molar refractivity (Wildman–Crippen MR) is 90.5 cm³/mol. The molecule has 1 aliphatic carbocycles. The van der Waals surface area contributed by atoms with E-state index < -0.39 is 0 Å². The Morgan fingerprint density at radius 1 is 1.00 bits per heavy atom. The predicted octanol–water partition coefficient (Wildman–Crippen LogP) is 1.90. The number of carbonyl (C=O) groups is 2. The highest BCUT2D eigenvalue weighted by Gasteiger charge is 2.30. The minimum absolute atomic E-state index is 0.0394. The summed E-state index contributed by atoms with van der Waals surface area (Å²) < 4.78 is 0. The molecule has 1 aliphatic heterocycles. The van der Waals surface area contributed by atoms with Crippen LogP contribution in [-0.4, -0.2) is 57.8 Å². The molecule has 3 rings (SSSR count). The fourth-order valence-corrected chi connectivity index (χ4v) is 3.57. The highest BCUT2D eigenvalue weighted by molar-refractivity contribution is 5.93. The molecule has 2 amide bonds. The van der Waals surface area contributed by atoms with Gasteiger partial charge in [0, 0.05) is 50.9 Å². The monoisotopic (exact) mass is 330 g/mol. The second-order valence-electron chi connectivity index (χ2n) is 6.69. The second kappa shape index (κ2) is 7.73. The van der Waals surface area contributed by atoms with Crippen molar-refractivity contribution in [1.29, 1.82) is 0 Å². The van der Waals surface area contributed by atoms with Crippen LogP contribution in [0.5, 0.6) is 0 Å². The molecular weight excluding hydrogens is 304 g/mol. The van der Waals surface area contributed by atoms with Gasteiger partial charge in [0.25, 0.3) is 5.91 Å². The van der Waals surface area contributed by atoms with Crippen molar-refractivity contribution in [3.05, 3.63) is 23.8 Å². The topological polar surface area (TPSA) is 66.4 Å². The maximum atomic E-state index is 12.6. The van der Waals surface area contributed by atoms with Crippen molar-refractivity contribution in [3.8, 4) is 0 Å². The standard InChI is InChI=1S/C18H26N4O2/c1-2-16-19-12-15(13-20-16)18(24)22-10-8-21(9-11-22)17(23)14-6-4-3-5-7-14/h12-14H,2-11H2,1H3. The van der Waals surface area contributed by atoms with Gasteiger partial charge in [-0.1, -0.05) is 26.2 Å². The van der Waals surface area contributed by atoms with Crippen LogP contribution in [0.25, 0.3) is 0 Å². The molecule has 0 spiro atoms. The third-order valence-corrected chi connectivity index (χ3v) is 5.10. The van der Waals surface area contributed by atoms with Gasteiger partial charge >= 0.3 is 0 Å². The van der Waals surface area contributed by atoms with Crippen molar-refractivity contribution >= 4 is 11.8 Å². The van der Waals surface area contributed by atoms with E-state index in [4.69, 9.17) is 0 Å². The zero-order chi connectivity index (χ0) is 16.9. The molecule has 6 nitrogen and oxygen atoms in total. The molecule has 6 heteroatoms. The van der Waals surface area contributed by atoms with Gasteiger partial charge in [0.05, 0.1) is 5.56 Å². The van der Waals surface area contributed by atoms with Gasteiger partial charge in [-0.3, -0.25) is 9.59 Å². The number of hydrogen-bond donors (Lipinski definition) is 0. The summed E-state index contributed by atoms with van der Waals surface area (Å²) in [7, 11) is 0. The molecule has 0 bridgehead atoms.